The maximum absolute atomic E-state index is 9.48. The van der Waals surface area contributed by atoms with E-state index < -0.39 is 0 Å². The Hall–Kier alpha value is -1.39. The van der Waals surface area contributed by atoms with E-state index in [1.165, 1.54) is 5.56 Å². The molecule has 0 saturated heterocycles. The molecule has 3 N–H and O–H groups in total. The largest absolute Gasteiger partial charge is 0.393 e. The van der Waals surface area contributed by atoms with Gasteiger partial charge in [0.1, 0.15) is 0 Å². The third-order valence-corrected chi connectivity index (χ3v) is 4.06. The van der Waals surface area contributed by atoms with Crippen molar-refractivity contribution in [3.63, 3.8) is 0 Å². The molecule has 1 aromatic heterocycles. The molecule has 1 heterocycles. The molecule has 3 rings (SSSR count). The molecule has 2 aromatic rings. The number of hydrogen-bond donors (Lipinski definition) is 3. The van der Waals surface area contributed by atoms with Gasteiger partial charge in [-0.25, -0.2) is 4.98 Å². The Bertz CT molecular complexity index is 529. The molecular formula is C15H21N3O. The monoisotopic (exact) mass is 259 g/mol. The van der Waals surface area contributed by atoms with Gasteiger partial charge in [0, 0.05) is 6.54 Å². The fraction of sp³-hybridized carbons (Fsp3) is 0.533. The lowest BCUT2D eigenvalue weighted by Crippen LogP contribution is -2.27. The van der Waals surface area contributed by atoms with Crippen LogP contribution < -0.4 is 5.32 Å². The van der Waals surface area contributed by atoms with Crippen molar-refractivity contribution < 1.29 is 5.11 Å². The van der Waals surface area contributed by atoms with Crippen molar-refractivity contribution >= 4 is 11.0 Å². The Morgan fingerprint density at radius 2 is 2.11 bits per heavy atom. The number of aromatic amines is 1. The topological polar surface area (TPSA) is 60.9 Å². The lowest BCUT2D eigenvalue weighted by molar-refractivity contribution is 0.108. The van der Waals surface area contributed by atoms with E-state index in [4.69, 9.17) is 0 Å². The fourth-order valence-electron chi connectivity index (χ4n) is 2.86. The number of nitrogens with one attached hydrogen (secondary N) is 2. The van der Waals surface area contributed by atoms with E-state index in [9.17, 15) is 5.11 Å². The second kappa shape index (κ2) is 5.72. The van der Waals surface area contributed by atoms with E-state index in [2.05, 4.69) is 33.5 Å². The highest BCUT2D eigenvalue weighted by Gasteiger charge is 2.18. The first-order chi connectivity index (χ1) is 9.31. The number of hydrogen-bond acceptors (Lipinski definition) is 3. The molecule has 1 aliphatic rings. The molecule has 4 heteroatoms. The predicted octanol–water partition coefficient (Wildman–Crippen LogP) is 2.20. The van der Waals surface area contributed by atoms with Gasteiger partial charge in [0.15, 0.2) is 0 Å². The Labute approximate surface area is 113 Å². The summed E-state index contributed by atoms with van der Waals surface area (Å²) >= 11 is 0. The van der Waals surface area contributed by atoms with Gasteiger partial charge in [-0.2, -0.15) is 0 Å². The highest BCUT2D eigenvalue weighted by Crippen LogP contribution is 2.23. The van der Waals surface area contributed by atoms with Crippen LogP contribution in [0.25, 0.3) is 11.0 Å². The highest BCUT2D eigenvalue weighted by atomic mass is 16.3. The molecule has 0 unspecified atom stereocenters. The number of rotatable bonds is 4. The summed E-state index contributed by atoms with van der Waals surface area (Å²) in [5, 5.41) is 13.0. The molecule has 4 nitrogen and oxygen atoms in total. The number of fused-ring (bicyclic) bond motifs is 1. The molecule has 0 bridgehead atoms. The van der Waals surface area contributed by atoms with Crippen molar-refractivity contribution in [3.8, 4) is 0 Å². The van der Waals surface area contributed by atoms with Gasteiger partial charge in [0.05, 0.1) is 23.5 Å². The Kier molecular flexibility index (Phi) is 3.80. The number of aliphatic hydroxyl groups is 1. The van der Waals surface area contributed by atoms with Crippen LogP contribution in [-0.2, 0) is 6.54 Å². The van der Waals surface area contributed by atoms with Crippen LogP contribution in [0, 0.1) is 5.92 Å². The van der Waals surface area contributed by atoms with Crippen molar-refractivity contribution in [3.05, 3.63) is 30.1 Å². The van der Waals surface area contributed by atoms with Gasteiger partial charge in [0.25, 0.3) is 0 Å². The molecule has 1 fully saturated rings. The van der Waals surface area contributed by atoms with Gasteiger partial charge in [-0.1, -0.05) is 6.07 Å². The van der Waals surface area contributed by atoms with Gasteiger partial charge in [-0.15, -0.1) is 0 Å². The van der Waals surface area contributed by atoms with Gasteiger partial charge in [0.2, 0.25) is 0 Å². The van der Waals surface area contributed by atoms with Crippen molar-refractivity contribution in [1.29, 1.82) is 0 Å². The Morgan fingerprint density at radius 1 is 1.26 bits per heavy atom. The Morgan fingerprint density at radius 3 is 2.95 bits per heavy atom. The maximum atomic E-state index is 9.48. The number of aromatic nitrogens is 2. The zero-order chi connectivity index (χ0) is 13.1. The predicted molar refractivity (Wildman–Crippen MR) is 75.8 cm³/mol. The molecule has 0 amide bonds. The SMILES string of the molecule is OC1CCC(CNCc2ccc3nc[nH]c3c2)CC1. The van der Waals surface area contributed by atoms with Gasteiger partial charge in [-0.05, 0) is 55.8 Å². The van der Waals surface area contributed by atoms with Crippen molar-refractivity contribution in [1.82, 2.24) is 15.3 Å². The van der Waals surface area contributed by atoms with Crippen LogP contribution in [-0.4, -0.2) is 27.7 Å². The number of imidazole rings is 1. The zero-order valence-electron chi connectivity index (χ0n) is 11.1. The number of nitrogens with zero attached hydrogens (tertiary/aromatic N) is 1. The third-order valence-electron chi connectivity index (χ3n) is 4.06. The minimum absolute atomic E-state index is 0.0564. The van der Waals surface area contributed by atoms with Gasteiger partial charge >= 0.3 is 0 Å². The van der Waals surface area contributed by atoms with Crippen LogP contribution in [0.3, 0.4) is 0 Å². The van der Waals surface area contributed by atoms with Crippen molar-refractivity contribution in [2.75, 3.05) is 6.54 Å². The van der Waals surface area contributed by atoms with E-state index in [0.717, 1.165) is 55.7 Å². The summed E-state index contributed by atoms with van der Waals surface area (Å²) in [7, 11) is 0. The number of benzene rings is 1. The van der Waals surface area contributed by atoms with Gasteiger partial charge < -0.3 is 15.4 Å². The molecule has 1 saturated carbocycles. The summed E-state index contributed by atoms with van der Waals surface area (Å²) in [5.74, 6) is 0.722. The summed E-state index contributed by atoms with van der Waals surface area (Å²) in [6.07, 6.45) is 5.90. The summed E-state index contributed by atoms with van der Waals surface area (Å²) in [6, 6.07) is 6.33. The molecule has 0 atom stereocenters. The Balaban J connectivity index is 1.49. The third kappa shape index (κ3) is 3.14. The lowest BCUT2D eigenvalue weighted by Gasteiger charge is -2.25. The average Bonchev–Trinajstić information content (AvgIpc) is 2.88. The van der Waals surface area contributed by atoms with Crippen LogP contribution >= 0.6 is 0 Å². The van der Waals surface area contributed by atoms with E-state index in [1.54, 1.807) is 6.33 Å². The first-order valence-corrected chi connectivity index (χ1v) is 7.12. The normalized spacial score (nSPS) is 23.8. The van der Waals surface area contributed by atoms with E-state index in [0.29, 0.717) is 0 Å². The molecule has 19 heavy (non-hydrogen) atoms. The molecule has 102 valence electrons. The van der Waals surface area contributed by atoms with Crippen LogP contribution in [0.5, 0.6) is 0 Å². The lowest BCUT2D eigenvalue weighted by atomic mass is 9.87. The van der Waals surface area contributed by atoms with E-state index in [1.807, 2.05) is 0 Å². The van der Waals surface area contributed by atoms with Gasteiger partial charge in [-0.3, -0.25) is 0 Å². The standard InChI is InChI=1S/C15H21N3O/c19-13-4-1-11(2-5-13)8-16-9-12-3-6-14-15(7-12)18-10-17-14/h3,6-7,10-11,13,16,19H,1-2,4-5,8-9H2,(H,17,18). The van der Waals surface area contributed by atoms with Crippen molar-refractivity contribution in [2.45, 2.75) is 38.3 Å². The van der Waals surface area contributed by atoms with E-state index in [-0.39, 0.29) is 6.10 Å². The van der Waals surface area contributed by atoms with E-state index >= 15 is 0 Å². The molecule has 0 aliphatic heterocycles. The summed E-state index contributed by atoms with van der Waals surface area (Å²) in [6.45, 7) is 1.95. The first-order valence-electron chi connectivity index (χ1n) is 7.12. The molecule has 0 spiro atoms. The minimum atomic E-state index is -0.0564. The first kappa shape index (κ1) is 12.6. The fourth-order valence-corrected chi connectivity index (χ4v) is 2.86. The van der Waals surface area contributed by atoms with Crippen LogP contribution in [0.1, 0.15) is 31.2 Å². The van der Waals surface area contributed by atoms with Crippen LogP contribution in [0.15, 0.2) is 24.5 Å². The molecule has 1 aromatic carbocycles. The molecule has 1 aliphatic carbocycles. The second-order valence-corrected chi connectivity index (χ2v) is 5.56. The average molecular weight is 259 g/mol. The highest BCUT2D eigenvalue weighted by molar-refractivity contribution is 5.74. The second-order valence-electron chi connectivity index (χ2n) is 5.56. The maximum Gasteiger partial charge on any atom is 0.0931 e. The summed E-state index contributed by atoms with van der Waals surface area (Å²) < 4.78 is 0. The number of H-pyrrole nitrogens is 1. The molecular weight excluding hydrogens is 238 g/mol. The minimum Gasteiger partial charge on any atom is -0.393 e. The summed E-state index contributed by atoms with van der Waals surface area (Å²) in [5.41, 5.74) is 3.40. The van der Waals surface area contributed by atoms with Crippen LogP contribution in [0.4, 0.5) is 0 Å². The molecule has 0 radical (unpaired) electrons. The number of aliphatic hydroxyl groups excluding tert-OH is 1. The quantitative estimate of drug-likeness (QED) is 0.789. The van der Waals surface area contributed by atoms with Crippen molar-refractivity contribution in [2.24, 2.45) is 5.92 Å². The van der Waals surface area contributed by atoms with Crippen LogP contribution in [0.2, 0.25) is 0 Å². The summed E-state index contributed by atoms with van der Waals surface area (Å²) in [4.78, 5) is 7.36. The smallest absolute Gasteiger partial charge is 0.0931 e. The zero-order valence-corrected chi connectivity index (χ0v) is 11.1.